The minimum absolute atomic E-state index is 0.0616. The number of imide groups is 1. The minimum Gasteiger partial charge on any atom is -0.497 e. The third-order valence-corrected chi connectivity index (χ3v) is 7.32. The van der Waals surface area contributed by atoms with Crippen LogP contribution in [0.25, 0.3) is 0 Å². The van der Waals surface area contributed by atoms with E-state index < -0.39 is 11.9 Å². The summed E-state index contributed by atoms with van der Waals surface area (Å²) < 4.78 is 10.7. The largest absolute Gasteiger partial charge is 0.497 e. The first-order chi connectivity index (χ1) is 16.9. The summed E-state index contributed by atoms with van der Waals surface area (Å²) in [4.78, 5) is 53.9. The van der Waals surface area contributed by atoms with Gasteiger partial charge in [0.15, 0.2) is 0 Å². The molecule has 3 amide bonds. The lowest BCUT2D eigenvalue weighted by Crippen LogP contribution is -2.30. The molecule has 3 fully saturated rings. The van der Waals surface area contributed by atoms with Crippen LogP contribution in [0, 0.1) is 23.7 Å². The number of ether oxygens (including phenoxy) is 2. The van der Waals surface area contributed by atoms with E-state index in [-0.39, 0.29) is 42.5 Å². The van der Waals surface area contributed by atoms with Gasteiger partial charge < -0.3 is 14.4 Å². The Balaban J connectivity index is 1.24. The van der Waals surface area contributed by atoms with Crippen molar-refractivity contribution in [2.24, 2.45) is 23.7 Å². The minimum atomic E-state index is -0.597. The molecule has 0 unspecified atom stereocenters. The second kappa shape index (κ2) is 9.17. The predicted octanol–water partition coefficient (Wildman–Crippen LogP) is 3.58. The van der Waals surface area contributed by atoms with Gasteiger partial charge in [-0.05, 0) is 61.6 Å². The summed E-state index contributed by atoms with van der Waals surface area (Å²) in [7, 11) is 1.55. The first kappa shape index (κ1) is 23.1. The summed E-state index contributed by atoms with van der Waals surface area (Å²) in [5, 5.41) is 0. The molecule has 2 aromatic rings. The Hall–Kier alpha value is -3.68. The fraction of sp³-hybridized carbons (Fsp3) is 0.407. The molecule has 0 N–H and O–H groups in total. The lowest BCUT2D eigenvalue weighted by atomic mass is 9.76. The van der Waals surface area contributed by atoms with Crippen LogP contribution in [0.4, 0.5) is 11.4 Å². The Morgan fingerprint density at radius 3 is 2.40 bits per heavy atom. The topological polar surface area (TPSA) is 93.2 Å². The van der Waals surface area contributed by atoms with Crippen molar-refractivity contribution in [2.75, 3.05) is 23.5 Å². The van der Waals surface area contributed by atoms with Crippen LogP contribution in [0.3, 0.4) is 0 Å². The first-order valence-electron chi connectivity index (χ1n) is 12.0. The van der Waals surface area contributed by atoms with Gasteiger partial charge in [0.25, 0.3) is 0 Å². The average molecular weight is 477 g/mol. The Labute approximate surface area is 203 Å². The van der Waals surface area contributed by atoms with Crippen LogP contribution in [0.2, 0.25) is 0 Å². The van der Waals surface area contributed by atoms with E-state index in [2.05, 4.69) is 6.92 Å². The average Bonchev–Trinajstić information content (AvgIpc) is 3.37. The standard InChI is InChI=1S/C27H28N2O6/c1-16-6-11-22-23(12-16)26(32)29(25(22)31)18-7-9-20(10-8-18)35-27(33)17-13-24(30)28(15-17)19-4-3-5-21(14-19)34-2/h3-5,7-10,14,16-17,22-23H,6,11-13,15H2,1-2H3/t16-,17-,22-,23+/m1/s1. The van der Waals surface area contributed by atoms with E-state index in [1.54, 1.807) is 60.5 Å². The van der Waals surface area contributed by atoms with Crippen molar-refractivity contribution in [3.8, 4) is 11.5 Å². The number of carbonyl (C=O) groups is 4. The lowest BCUT2D eigenvalue weighted by Gasteiger charge is -2.25. The van der Waals surface area contributed by atoms with Crippen LogP contribution in [0.1, 0.15) is 32.6 Å². The molecule has 0 radical (unpaired) electrons. The number of methoxy groups -OCH3 is 1. The van der Waals surface area contributed by atoms with Gasteiger partial charge in [0, 0.05) is 24.7 Å². The van der Waals surface area contributed by atoms with E-state index in [1.165, 1.54) is 4.90 Å². The van der Waals surface area contributed by atoms with Crippen LogP contribution in [-0.2, 0) is 19.2 Å². The second-order valence-corrected chi connectivity index (χ2v) is 9.66. The zero-order valence-corrected chi connectivity index (χ0v) is 19.8. The van der Waals surface area contributed by atoms with Gasteiger partial charge in [0.2, 0.25) is 17.7 Å². The first-order valence-corrected chi connectivity index (χ1v) is 12.0. The van der Waals surface area contributed by atoms with E-state index in [0.29, 0.717) is 28.8 Å². The van der Waals surface area contributed by atoms with Gasteiger partial charge in [0.1, 0.15) is 11.5 Å². The zero-order valence-electron chi connectivity index (χ0n) is 19.8. The van der Waals surface area contributed by atoms with Gasteiger partial charge in [-0.2, -0.15) is 0 Å². The SMILES string of the molecule is COc1cccc(N2C[C@H](C(=O)Oc3ccc(N4C(=O)[C@H]5C[C@H](C)CC[C@H]5C4=O)cc3)CC2=O)c1. The summed E-state index contributed by atoms with van der Waals surface area (Å²) in [6.45, 7) is 2.34. The Kier molecular flexibility index (Phi) is 6.05. The Morgan fingerprint density at radius 1 is 0.914 bits per heavy atom. The summed E-state index contributed by atoms with van der Waals surface area (Å²) in [5.74, 6) is -0.627. The van der Waals surface area contributed by atoms with Gasteiger partial charge in [0.05, 0.1) is 30.6 Å². The molecule has 0 spiro atoms. The van der Waals surface area contributed by atoms with E-state index in [1.807, 2.05) is 0 Å². The number of anilines is 2. The predicted molar refractivity (Wildman–Crippen MR) is 128 cm³/mol. The number of benzene rings is 2. The molecule has 4 atom stereocenters. The molecule has 35 heavy (non-hydrogen) atoms. The van der Waals surface area contributed by atoms with Gasteiger partial charge in [-0.15, -0.1) is 0 Å². The monoisotopic (exact) mass is 476 g/mol. The lowest BCUT2D eigenvalue weighted by molar-refractivity contribution is -0.139. The smallest absolute Gasteiger partial charge is 0.316 e. The van der Waals surface area contributed by atoms with Crippen LogP contribution in [0.15, 0.2) is 48.5 Å². The molecule has 2 heterocycles. The summed E-state index contributed by atoms with van der Waals surface area (Å²) in [5.41, 5.74) is 1.16. The molecule has 182 valence electrons. The molecule has 2 aliphatic heterocycles. The summed E-state index contributed by atoms with van der Waals surface area (Å²) in [6.07, 6.45) is 2.51. The molecule has 0 bridgehead atoms. The van der Waals surface area contributed by atoms with E-state index in [9.17, 15) is 19.2 Å². The van der Waals surface area contributed by atoms with Crippen molar-refractivity contribution in [3.63, 3.8) is 0 Å². The number of esters is 1. The maximum Gasteiger partial charge on any atom is 0.316 e. The van der Waals surface area contributed by atoms with Gasteiger partial charge >= 0.3 is 5.97 Å². The summed E-state index contributed by atoms with van der Waals surface area (Å²) >= 11 is 0. The van der Waals surface area contributed by atoms with Crippen molar-refractivity contribution in [1.29, 1.82) is 0 Å². The highest BCUT2D eigenvalue weighted by Gasteiger charge is 2.50. The van der Waals surface area contributed by atoms with Gasteiger partial charge in [-0.1, -0.05) is 13.0 Å². The number of nitrogens with zero attached hydrogens (tertiary/aromatic N) is 2. The highest BCUT2D eigenvalue weighted by atomic mass is 16.5. The third-order valence-electron chi connectivity index (χ3n) is 7.32. The molecule has 8 nitrogen and oxygen atoms in total. The van der Waals surface area contributed by atoms with E-state index >= 15 is 0 Å². The molecular weight excluding hydrogens is 448 g/mol. The van der Waals surface area contributed by atoms with Gasteiger partial charge in [-0.25, -0.2) is 0 Å². The molecule has 2 saturated heterocycles. The third kappa shape index (κ3) is 4.29. The number of carbonyl (C=O) groups excluding carboxylic acids is 4. The normalized spacial score (nSPS) is 26.2. The van der Waals surface area contributed by atoms with Crippen molar-refractivity contribution >= 4 is 35.1 Å². The second-order valence-electron chi connectivity index (χ2n) is 9.66. The van der Waals surface area contributed by atoms with Crippen molar-refractivity contribution in [3.05, 3.63) is 48.5 Å². The molecule has 3 aliphatic rings. The fourth-order valence-corrected chi connectivity index (χ4v) is 5.40. The Morgan fingerprint density at radius 2 is 1.66 bits per heavy atom. The number of fused-ring (bicyclic) bond motifs is 1. The molecular formula is C27H28N2O6. The molecule has 0 aromatic heterocycles. The van der Waals surface area contributed by atoms with Gasteiger partial charge in [-0.3, -0.25) is 24.1 Å². The van der Waals surface area contributed by atoms with Crippen LogP contribution in [-0.4, -0.2) is 37.3 Å². The number of hydrogen-bond donors (Lipinski definition) is 0. The van der Waals surface area contributed by atoms with Crippen molar-refractivity contribution in [2.45, 2.75) is 32.6 Å². The maximum atomic E-state index is 12.9. The number of amides is 3. The van der Waals surface area contributed by atoms with E-state index in [0.717, 1.165) is 19.3 Å². The van der Waals surface area contributed by atoms with Crippen LogP contribution >= 0.6 is 0 Å². The van der Waals surface area contributed by atoms with Crippen molar-refractivity contribution < 1.29 is 28.7 Å². The molecule has 5 rings (SSSR count). The number of rotatable bonds is 5. The van der Waals surface area contributed by atoms with Crippen LogP contribution < -0.4 is 19.3 Å². The van der Waals surface area contributed by atoms with Crippen LogP contribution in [0.5, 0.6) is 11.5 Å². The highest BCUT2D eigenvalue weighted by molar-refractivity contribution is 6.22. The molecule has 8 heteroatoms. The molecule has 1 saturated carbocycles. The zero-order chi connectivity index (χ0) is 24.7. The van der Waals surface area contributed by atoms with E-state index in [4.69, 9.17) is 9.47 Å². The molecule has 2 aromatic carbocycles. The highest BCUT2D eigenvalue weighted by Crippen LogP contribution is 2.42. The number of hydrogen-bond acceptors (Lipinski definition) is 6. The maximum absolute atomic E-state index is 12.9. The summed E-state index contributed by atoms with van der Waals surface area (Å²) in [6, 6.07) is 13.5. The van der Waals surface area contributed by atoms with Crippen molar-refractivity contribution in [1.82, 2.24) is 0 Å². The fourth-order valence-electron chi connectivity index (χ4n) is 5.40. The molecule has 1 aliphatic carbocycles. The quantitative estimate of drug-likeness (QED) is 0.372. The Bertz CT molecular complexity index is 1180.